The monoisotopic (exact) mass is 528 g/mol. The summed E-state index contributed by atoms with van der Waals surface area (Å²) < 4.78 is 0. The summed E-state index contributed by atoms with van der Waals surface area (Å²) in [7, 11) is 0. The minimum Gasteiger partial charge on any atom is -0.384 e. The van der Waals surface area contributed by atoms with Gasteiger partial charge in [-0.05, 0) is 76.5 Å². The normalized spacial score (nSPS) is 14.0. The number of aromatic nitrogens is 2. The van der Waals surface area contributed by atoms with Gasteiger partial charge >= 0.3 is 0 Å². The molecule has 2 amide bonds. The molecule has 1 aromatic carbocycles. The van der Waals surface area contributed by atoms with Crippen LogP contribution in [0.4, 0.5) is 5.69 Å². The summed E-state index contributed by atoms with van der Waals surface area (Å²) in [6.45, 7) is 9.58. The largest absolute Gasteiger partial charge is 0.384 e. The van der Waals surface area contributed by atoms with Crippen molar-refractivity contribution in [1.82, 2.24) is 25.1 Å². The van der Waals surface area contributed by atoms with Gasteiger partial charge in [0.15, 0.2) is 0 Å². The fourth-order valence-electron chi connectivity index (χ4n) is 4.92. The number of amides is 2. The van der Waals surface area contributed by atoms with E-state index in [0.29, 0.717) is 13.1 Å². The van der Waals surface area contributed by atoms with E-state index in [9.17, 15) is 9.59 Å². The van der Waals surface area contributed by atoms with Crippen molar-refractivity contribution in [2.24, 2.45) is 0 Å². The van der Waals surface area contributed by atoms with E-state index >= 15 is 0 Å². The lowest BCUT2D eigenvalue weighted by atomic mass is 10.1. The average molecular weight is 529 g/mol. The number of pyridine rings is 2. The maximum atomic E-state index is 12.2. The van der Waals surface area contributed by atoms with Gasteiger partial charge in [-0.3, -0.25) is 14.6 Å². The summed E-state index contributed by atoms with van der Waals surface area (Å²) in [5, 5.41) is 7.30. The molecule has 1 saturated heterocycles. The van der Waals surface area contributed by atoms with Gasteiger partial charge in [0.25, 0.3) is 0 Å². The van der Waals surface area contributed by atoms with Gasteiger partial charge in [0.05, 0.1) is 17.8 Å². The summed E-state index contributed by atoms with van der Waals surface area (Å²) in [4.78, 5) is 37.7. The fourth-order valence-corrected chi connectivity index (χ4v) is 4.92. The van der Waals surface area contributed by atoms with Gasteiger partial charge < -0.3 is 20.4 Å². The van der Waals surface area contributed by atoms with Crippen LogP contribution in [0, 0.1) is 0 Å². The van der Waals surface area contributed by atoms with Crippen LogP contribution < -0.4 is 10.6 Å². The van der Waals surface area contributed by atoms with Crippen molar-refractivity contribution in [2.75, 3.05) is 51.1 Å². The number of piperidine rings is 1. The highest BCUT2D eigenvalue weighted by Gasteiger charge is 2.12. The van der Waals surface area contributed by atoms with Crippen LogP contribution in [0.15, 0.2) is 54.9 Å². The van der Waals surface area contributed by atoms with Gasteiger partial charge in [0.1, 0.15) is 0 Å². The highest BCUT2D eigenvalue weighted by molar-refractivity contribution is 5.95. The third-order valence-corrected chi connectivity index (χ3v) is 7.19. The van der Waals surface area contributed by atoms with Crippen LogP contribution in [0.25, 0.3) is 28.2 Å². The first kappa shape index (κ1) is 28.2. The lowest BCUT2D eigenvalue weighted by Crippen LogP contribution is -2.39. The number of carbonyl (C=O) groups is 2. The number of hydrogen-bond acceptors (Lipinski definition) is 6. The number of benzene rings is 1. The Morgan fingerprint density at radius 3 is 2.56 bits per heavy atom. The predicted octanol–water partition coefficient (Wildman–Crippen LogP) is 4.58. The zero-order chi connectivity index (χ0) is 27.5. The van der Waals surface area contributed by atoms with Crippen molar-refractivity contribution in [3.05, 3.63) is 60.4 Å². The molecule has 2 aromatic heterocycles. The van der Waals surface area contributed by atoms with Crippen LogP contribution in [0.2, 0.25) is 0 Å². The molecule has 0 unspecified atom stereocenters. The van der Waals surface area contributed by atoms with Crippen LogP contribution in [-0.4, -0.2) is 77.4 Å². The van der Waals surface area contributed by atoms with E-state index in [1.165, 1.54) is 38.4 Å². The number of nitrogens with one attached hydrogen (secondary N) is 2. The van der Waals surface area contributed by atoms with Gasteiger partial charge in [-0.1, -0.05) is 30.7 Å². The predicted molar refractivity (Wildman–Crippen MR) is 158 cm³/mol. The standard InChI is InChI=1S/C31H40N6O2/c1-3-37(4-2)31(39)23-34-30(38)14-11-24-9-12-25(13-10-24)28-21-29(26-22-32-17-15-27(26)35-28)33-16-8-20-36-18-6-5-7-19-36/h9-15,17,21-22H,3-8,16,18-20,23H2,1-2H3,(H,33,35)(H,34,38)/b14-11+. The first-order valence-corrected chi connectivity index (χ1v) is 14.1. The number of likely N-dealkylation sites (N-methyl/N-ethyl adjacent to an activating group) is 1. The maximum absolute atomic E-state index is 12.2. The molecular formula is C31H40N6O2. The highest BCUT2D eigenvalue weighted by atomic mass is 16.2. The molecular weight excluding hydrogens is 488 g/mol. The number of fused-ring (bicyclic) bond motifs is 1. The summed E-state index contributed by atoms with van der Waals surface area (Å²) in [5.74, 6) is -0.374. The van der Waals surface area contributed by atoms with E-state index in [0.717, 1.165) is 52.9 Å². The smallest absolute Gasteiger partial charge is 0.244 e. The lowest BCUT2D eigenvalue weighted by molar-refractivity contribution is -0.131. The number of hydrogen-bond donors (Lipinski definition) is 2. The topological polar surface area (TPSA) is 90.5 Å². The van der Waals surface area contributed by atoms with Crippen LogP contribution in [0.1, 0.15) is 45.1 Å². The number of carbonyl (C=O) groups excluding carboxylic acids is 2. The highest BCUT2D eigenvalue weighted by Crippen LogP contribution is 2.28. The zero-order valence-electron chi connectivity index (χ0n) is 23.2. The van der Waals surface area contributed by atoms with E-state index in [1.807, 2.05) is 50.4 Å². The second-order valence-corrected chi connectivity index (χ2v) is 9.87. The Morgan fingerprint density at radius 2 is 1.82 bits per heavy atom. The Hall–Kier alpha value is -3.78. The van der Waals surface area contributed by atoms with Crippen molar-refractivity contribution in [2.45, 2.75) is 39.5 Å². The van der Waals surface area contributed by atoms with Crippen LogP contribution in [0.3, 0.4) is 0 Å². The molecule has 0 atom stereocenters. The third-order valence-electron chi connectivity index (χ3n) is 7.19. The molecule has 0 spiro atoms. The quantitative estimate of drug-likeness (QED) is 0.264. The minimum atomic E-state index is -0.291. The molecule has 4 rings (SSSR count). The molecule has 206 valence electrons. The number of likely N-dealkylation sites (tertiary alicyclic amines) is 1. The van der Waals surface area contributed by atoms with Gasteiger partial charge in [-0.15, -0.1) is 0 Å². The molecule has 0 aliphatic carbocycles. The molecule has 1 aliphatic heterocycles. The molecule has 0 saturated carbocycles. The minimum absolute atomic E-state index is 0.00156. The van der Waals surface area contributed by atoms with Gasteiger partial charge in [-0.2, -0.15) is 0 Å². The molecule has 2 N–H and O–H groups in total. The van der Waals surface area contributed by atoms with Gasteiger partial charge in [0.2, 0.25) is 11.8 Å². The van der Waals surface area contributed by atoms with E-state index in [-0.39, 0.29) is 18.4 Å². The fraction of sp³-hybridized carbons (Fsp3) is 0.419. The van der Waals surface area contributed by atoms with Crippen LogP contribution >= 0.6 is 0 Å². The van der Waals surface area contributed by atoms with Crippen molar-refractivity contribution >= 4 is 34.5 Å². The summed E-state index contributed by atoms with van der Waals surface area (Å²) in [5.41, 5.74) is 4.72. The van der Waals surface area contributed by atoms with E-state index in [4.69, 9.17) is 4.98 Å². The Bertz CT molecular complexity index is 1260. The third kappa shape index (κ3) is 8.10. The molecule has 8 heteroatoms. The van der Waals surface area contributed by atoms with Crippen molar-refractivity contribution < 1.29 is 9.59 Å². The first-order valence-electron chi connectivity index (χ1n) is 14.1. The maximum Gasteiger partial charge on any atom is 0.244 e. The van der Waals surface area contributed by atoms with Crippen molar-refractivity contribution in [3.63, 3.8) is 0 Å². The second-order valence-electron chi connectivity index (χ2n) is 9.87. The second kappa shape index (κ2) is 14.4. The lowest BCUT2D eigenvalue weighted by Gasteiger charge is -2.26. The Balaban J connectivity index is 1.38. The molecule has 1 fully saturated rings. The molecule has 0 radical (unpaired) electrons. The van der Waals surface area contributed by atoms with Crippen LogP contribution in [-0.2, 0) is 9.59 Å². The zero-order valence-corrected chi connectivity index (χ0v) is 23.2. The summed E-state index contributed by atoms with van der Waals surface area (Å²) in [6.07, 6.45) is 11.9. The molecule has 3 aromatic rings. The number of rotatable bonds is 12. The molecule has 8 nitrogen and oxygen atoms in total. The molecule has 0 bridgehead atoms. The average Bonchev–Trinajstić information content (AvgIpc) is 2.98. The summed E-state index contributed by atoms with van der Waals surface area (Å²) >= 11 is 0. The van der Waals surface area contributed by atoms with Crippen LogP contribution in [0.5, 0.6) is 0 Å². The van der Waals surface area contributed by atoms with E-state index in [2.05, 4.69) is 26.6 Å². The van der Waals surface area contributed by atoms with Crippen molar-refractivity contribution in [3.8, 4) is 11.3 Å². The Morgan fingerprint density at radius 1 is 1.05 bits per heavy atom. The molecule has 3 heterocycles. The summed E-state index contributed by atoms with van der Waals surface area (Å²) in [6, 6.07) is 12.0. The first-order chi connectivity index (χ1) is 19.1. The number of anilines is 1. The van der Waals surface area contributed by atoms with Crippen molar-refractivity contribution in [1.29, 1.82) is 0 Å². The molecule has 39 heavy (non-hydrogen) atoms. The Labute approximate surface area is 231 Å². The van der Waals surface area contributed by atoms with Gasteiger partial charge in [0, 0.05) is 54.7 Å². The van der Waals surface area contributed by atoms with E-state index < -0.39 is 0 Å². The SMILES string of the molecule is CCN(CC)C(=O)CNC(=O)/C=C/c1ccc(-c2cc(NCCCN3CCCCC3)c3cnccc3n2)cc1. The van der Waals surface area contributed by atoms with Gasteiger partial charge in [-0.25, -0.2) is 4.98 Å². The Kier molecular flexibility index (Phi) is 10.4. The number of nitrogens with zero attached hydrogens (tertiary/aromatic N) is 4. The molecule has 1 aliphatic rings. The van der Waals surface area contributed by atoms with E-state index in [1.54, 1.807) is 17.2 Å².